The van der Waals surface area contributed by atoms with Crippen LogP contribution in [0.25, 0.3) is 6.08 Å². The first-order chi connectivity index (χ1) is 6.18. The Kier molecular flexibility index (Phi) is 4.12. The number of thioether (sulfide) groups is 1. The topological polar surface area (TPSA) is 30.2 Å². The number of rotatable bonds is 3. The Labute approximate surface area is 85.9 Å². The van der Waals surface area contributed by atoms with Gasteiger partial charge in [-0.2, -0.15) is 0 Å². The summed E-state index contributed by atoms with van der Waals surface area (Å²) in [6, 6.07) is 3.45. The maximum atomic E-state index is 10.5. The van der Waals surface area contributed by atoms with Gasteiger partial charge in [-0.3, -0.25) is 4.79 Å². The van der Waals surface area contributed by atoms with Gasteiger partial charge in [0.2, 0.25) is 0 Å². The van der Waals surface area contributed by atoms with Crippen LogP contribution in [-0.2, 0) is 4.79 Å². The summed E-state index contributed by atoms with van der Waals surface area (Å²) < 4.78 is 5.07. The number of halogens is 1. The van der Waals surface area contributed by atoms with E-state index in [0.717, 1.165) is 0 Å². The summed E-state index contributed by atoms with van der Waals surface area (Å²) in [4.78, 5) is 10.5. The van der Waals surface area contributed by atoms with Crippen molar-refractivity contribution in [3.63, 3.8) is 0 Å². The lowest BCUT2D eigenvalue weighted by Crippen LogP contribution is -1.80. The van der Waals surface area contributed by atoms with Crippen LogP contribution < -0.4 is 0 Å². The fourth-order valence-corrected chi connectivity index (χ4v) is 1.33. The van der Waals surface area contributed by atoms with Crippen molar-refractivity contribution in [1.29, 1.82) is 0 Å². The third kappa shape index (κ3) is 4.20. The normalized spacial score (nSPS) is 10.9. The van der Waals surface area contributed by atoms with E-state index in [4.69, 9.17) is 16.0 Å². The van der Waals surface area contributed by atoms with E-state index < -0.39 is 0 Å². The van der Waals surface area contributed by atoms with E-state index in [2.05, 4.69) is 0 Å². The molecule has 0 aliphatic carbocycles. The minimum absolute atomic E-state index is 0.113. The maximum Gasteiger partial charge on any atom is 0.193 e. The van der Waals surface area contributed by atoms with Crippen molar-refractivity contribution in [2.24, 2.45) is 0 Å². The summed E-state index contributed by atoms with van der Waals surface area (Å²) in [6.45, 7) is 1.54. The first-order valence-corrected chi connectivity index (χ1v) is 5.10. The smallest absolute Gasteiger partial charge is 0.193 e. The van der Waals surface area contributed by atoms with Gasteiger partial charge in [-0.1, -0.05) is 17.8 Å². The maximum absolute atomic E-state index is 10.5. The van der Waals surface area contributed by atoms with E-state index in [1.807, 2.05) is 6.08 Å². The van der Waals surface area contributed by atoms with Crippen molar-refractivity contribution < 1.29 is 9.21 Å². The summed E-state index contributed by atoms with van der Waals surface area (Å²) in [6.07, 6.45) is 3.66. The molecule has 2 nitrogen and oxygen atoms in total. The molecule has 1 aromatic heterocycles. The molecule has 0 aromatic carbocycles. The Bertz CT molecular complexity index is 317. The molecule has 0 unspecified atom stereocenters. The van der Waals surface area contributed by atoms with Crippen LogP contribution in [0.15, 0.2) is 22.6 Å². The average molecular weight is 217 g/mol. The molecule has 0 saturated carbocycles. The van der Waals surface area contributed by atoms with E-state index in [0.29, 0.717) is 16.7 Å². The lowest BCUT2D eigenvalue weighted by Gasteiger charge is -1.87. The van der Waals surface area contributed by atoms with Crippen LogP contribution in [0.2, 0.25) is 5.22 Å². The van der Waals surface area contributed by atoms with Crippen LogP contribution in [0.4, 0.5) is 0 Å². The van der Waals surface area contributed by atoms with Crippen LogP contribution in [-0.4, -0.2) is 10.9 Å². The molecule has 70 valence electrons. The molecule has 13 heavy (non-hydrogen) atoms. The molecule has 0 saturated heterocycles. The van der Waals surface area contributed by atoms with Gasteiger partial charge in [-0.15, -0.1) is 0 Å². The van der Waals surface area contributed by atoms with Gasteiger partial charge in [0.25, 0.3) is 0 Å². The van der Waals surface area contributed by atoms with E-state index >= 15 is 0 Å². The summed E-state index contributed by atoms with van der Waals surface area (Å²) in [7, 11) is 0. The van der Waals surface area contributed by atoms with E-state index in [-0.39, 0.29) is 5.12 Å². The fourth-order valence-electron chi connectivity index (χ4n) is 0.748. The molecule has 0 bridgehead atoms. The molecule has 0 N–H and O–H groups in total. The van der Waals surface area contributed by atoms with Crippen LogP contribution in [0.5, 0.6) is 0 Å². The largest absolute Gasteiger partial charge is 0.445 e. The molecule has 0 fully saturated rings. The predicted octanol–water partition coefficient (Wildman–Crippen LogP) is 3.23. The Morgan fingerprint density at radius 3 is 3.00 bits per heavy atom. The van der Waals surface area contributed by atoms with Gasteiger partial charge < -0.3 is 4.42 Å². The van der Waals surface area contributed by atoms with Gasteiger partial charge in [0.1, 0.15) is 5.76 Å². The highest BCUT2D eigenvalue weighted by Gasteiger charge is 1.94. The highest BCUT2D eigenvalue weighted by atomic mass is 35.5. The summed E-state index contributed by atoms with van der Waals surface area (Å²) in [5.41, 5.74) is 0. The number of carbonyl (C=O) groups is 1. The van der Waals surface area contributed by atoms with Crippen molar-refractivity contribution in [3.8, 4) is 0 Å². The first kappa shape index (κ1) is 10.4. The van der Waals surface area contributed by atoms with Gasteiger partial charge >= 0.3 is 0 Å². The van der Waals surface area contributed by atoms with Crippen molar-refractivity contribution in [2.45, 2.75) is 6.92 Å². The van der Waals surface area contributed by atoms with Gasteiger partial charge in [0.15, 0.2) is 10.3 Å². The molecule has 1 aromatic rings. The molecule has 4 heteroatoms. The predicted molar refractivity (Wildman–Crippen MR) is 55.9 cm³/mol. The van der Waals surface area contributed by atoms with Crippen molar-refractivity contribution in [2.75, 3.05) is 5.75 Å². The van der Waals surface area contributed by atoms with Gasteiger partial charge in [0, 0.05) is 12.7 Å². The lowest BCUT2D eigenvalue weighted by molar-refractivity contribution is -0.109. The standard InChI is InChI=1S/C9H9ClO2S/c1-7(11)13-6-2-3-8-4-5-9(10)12-8/h2-5H,6H2,1H3. The fraction of sp³-hybridized carbons (Fsp3) is 0.222. The zero-order chi connectivity index (χ0) is 9.68. The minimum Gasteiger partial charge on any atom is -0.445 e. The molecule has 0 radical (unpaired) electrons. The number of carbonyl (C=O) groups excluding carboxylic acids is 1. The number of hydrogen-bond donors (Lipinski definition) is 0. The SMILES string of the molecule is CC(=O)SCC=Cc1ccc(Cl)o1. The van der Waals surface area contributed by atoms with E-state index in [1.165, 1.54) is 11.8 Å². The lowest BCUT2D eigenvalue weighted by atomic mass is 10.4. The third-order valence-electron chi connectivity index (χ3n) is 1.26. The summed E-state index contributed by atoms with van der Waals surface area (Å²) >= 11 is 6.82. The Morgan fingerprint density at radius 1 is 1.69 bits per heavy atom. The van der Waals surface area contributed by atoms with Crippen molar-refractivity contribution >= 4 is 34.6 Å². The molecule has 1 heterocycles. The van der Waals surface area contributed by atoms with E-state index in [9.17, 15) is 4.79 Å². The molecular formula is C9H9ClO2S. The Hall–Kier alpha value is -0.670. The van der Waals surface area contributed by atoms with E-state index in [1.54, 1.807) is 25.1 Å². The minimum atomic E-state index is 0.113. The highest BCUT2D eigenvalue weighted by molar-refractivity contribution is 8.13. The Morgan fingerprint density at radius 2 is 2.46 bits per heavy atom. The number of furan rings is 1. The zero-order valence-corrected chi connectivity index (χ0v) is 8.69. The third-order valence-corrected chi connectivity index (χ3v) is 2.23. The molecule has 0 atom stereocenters. The molecule has 0 amide bonds. The van der Waals surface area contributed by atoms with Crippen molar-refractivity contribution in [3.05, 3.63) is 29.2 Å². The van der Waals surface area contributed by atoms with Crippen LogP contribution >= 0.6 is 23.4 Å². The molecule has 0 spiro atoms. The second kappa shape index (κ2) is 5.14. The molecule has 0 aliphatic heterocycles. The molecular weight excluding hydrogens is 208 g/mol. The van der Waals surface area contributed by atoms with Crippen LogP contribution in [0.3, 0.4) is 0 Å². The Balaban J connectivity index is 2.36. The molecule has 1 rings (SSSR count). The van der Waals surface area contributed by atoms with Gasteiger partial charge in [-0.05, 0) is 29.8 Å². The van der Waals surface area contributed by atoms with Crippen LogP contribution in [0.1, 0.15) is 12.7 Å². The quantitative estimate of drug-likeness (QED) is 0.777. The van der Waals surface area contributed by atoms with Gasteiger partial charge in [0.05, 0.1) is 0 Å². The zero-order valence-electron chi connectivity index (χ0n) is 7.12. The second-order valence-corrected chi connectivity index (χ2v) is 3.92. The molecule has 0 aliphatic rings. The number of hydrogen-bond acceptors (Lipinski definition) is 3. The average Bonchev–Trinajstić information content (AvgIpc) is 2.45. The van der Waals surface area contributed by atoms with Crippen LogP contribution in [0, 0.1) is 0 Å². The summed E-state index contributed by atoms with van der Waals surface area (Å²) in [5, 5.41) is 0.487. The summed E-state index contributed by atoms with van der Waals surface area (Å²) in [5.74, 6) is 1.36. The monoisotopic (exact) mass is 216 g/mol. The van der Waals surface area contributed by atoms with Crippen molar-refractivity contribution in [1.82, 2.24) is 0 Å². The second-order valence-electron chi connectivity index (χ2n) is 2.35. The van der Waals surface area contributed by atoms with Gasteiger partial charge in [-0.25, -0.2) is 0 Å². The highest BCUT2D eigenvalue weighted by Crippen LogP contribution is 2.14. The first-order valence-electron chi connectivity index (χ1n) is 3.74.